The summed E-state index contributed by atoms with van der Waals surface area (Å²) in [6.45, 7) is 6.53. The van der Waals surface area contributed by atoms with E-state index in [-0.39, 0.29) is 5.91 Å². The third kappa shape index (κ3) is 5.04. The lowest BCUT2D eigenvalue weighted by molar-refractivity contribution is 0.0628. The number of fused-ring (bicyclic) bond motifs is 1. The Morgan fingerprint density at radius 2 is 1.70 bits per heavy atom. The average Bonchev–Trinajstić information content (AvgIpc) is 3.26. The van der Waals surface area contributed by atoms with E-state index < -0.39 is 0 Å². The predicted octanol–water partition coefficient (Wildman–Crippen LogP) is 3.57. The maximum atomic E-state index is 12.9. The Kier molecular flexibility index (Phi) is 6.04. The summed E-state index contributed by atoms with van der Waals surface area (Å²) in [4.78, 5) is 25.9. The van der Waals surface area contributed by atoms with E-state index in [1.54, 1.807) is 0 Å². The molecule has 1 fully saturated rings. The van der Waals surface area contributed by atoms with Gasteiger partial charge in [-0.3, -0.25) is 14.7 Å². The molecule has 0 spiro atoms. The van der Waals surface area contributed by atoms with Crippen LogP contribution in [0.2, 0.25) is 0 Å². The van der Waals surface area contributed by atoms with Crippen molar-refractivity contribution in [3.05, 3.63) is 95.7 Å². The van der Waals surface area contributed by atoms with Gasteiger partial charge in [-0.05, 0) is 60.5 Å². The van der Waals surface area contributed by atoms with Crippen LogP contribution in [0.5, 0.6) is 5.75 Å². The number of piperazine rings is 1. The van der Waals surface area contributed by atoms with E-state index >= 15 is 0 Å². The number of aryl methyl sites for hydroxylation is 1. The van der Waals surface area contributed by atoms with Crippen LogP contribution >= 0.6 is 0 Å². The number of carbonyl (C=O) groups is 1. The lowest BCUT2D eigenvalue weighted by Crippen LogP contribution is -2.48. The van der Waals surface area contributed by atoms with Gasteiger partial charge in [0.1, 0.15) is 18.0 Å². The summed E-state index contributed by atoms with van der Waals surface area (Å²) >= 11 is 0. The smallest absolute Gasteiger partial charge is 0.253 e. The normalized spacial score (nSPS) is 14.5. The van der Waals surface area contributed by atoms with Gasteiger partial charge in [0.2, 0.25) is 0 Å². The fourth-order valence-corrected chi connectivity index (χ4v) is 4.11. The van der Waals surface area contributed by atoms with E-state index in [4.69, 9.17) is 4.74 Å². The highest BCUT2D eigenvalue weighted by atomic mass is 16.5. The number of rotatable bonds is 6. The zero-order chi connectivity index (χ0) is 22.6. The molecule has 7 heteroatoms. The first-order chi connectivity index (χ1) is 16.1. The number of carbonyl (C=O) groups excluding carboxylic acids is 1. The van der Waals surface area contributed by atoms with Crippen molar-refractivity contribution in [2.24, 2.45) is 0 Å². The minimum absolute atomic E-state index is 0.0702. The molecule has 1 aliphatic rings. The van der Waals surface area contributed by atoms with Crippen molar-refractivity contribution < 1.29 is 9.53 Å². The van der Waals surface area contributed by atoms with E-state index in [2.05, 4.69) is 21.8 Å². The second kappa shape index (κ2) is 9.42. The summed E-state index contributed by atoms with van der Waals surface area (Å²) in [5, 5.41) is 0. The van der Waals surface area contributed by atoms with Crippen LogP contribution in [0.1, 0.15) is 27.2 Å². The van der Waals surface area contributed by atoms with Crippen molar-refractivity contribution in [2.75, 3.05) is 26.2 Å². The van der Waals surface area contributed by atoms with Crippen LogP contribution in [0.25, 0.3) is 5.65 Å². The number of imidazole rings is 1. The number of ether oxygens (including phenoxy) is 1. The topological polar surface area (TPSA) is 63.0 Å². The average molecular weight is 442 g/mol. The summed E-state index contributed by atoms with van der Waals surface area (Å²) in [5.41, 5.74) is 4.89. The van der Waals surface area contributed by atoms with Crippen LogP contribution in [0, 0.1) is 6.92 Å². The van der Waals surface area contributed by atoms with Gasteiger partial charge in [-0.15, -0.1) is 0 Å². The highest BCUT2D eigenvalue weighted by molar-refractivity contribution is 5.94. The zero-order valence-corrected chi connectivity index (χ0v) is 18.7. The van der Waals surface area contributed by atoms with Crippen molar-refractivity contribution in [3.63, 3.8) is 0 Å². The van der Waals surface area contributed by atoms with Crippen molar-refractivity contribution in [1.82, 2.24) is 24.2 Å². The molecule has 1 saturated heterocycles. The van der Waals surface area contributed by atoms with Gasteiger partial charge in [0, 0.05) is 63.1 Å². The number of aromatic nitrogens is 3. The van der Waals surface area contributed by atoms with Crippen LogP contribution in [0.3, 0.4) is 0 Å². The fraction of sp³-hybridized carbons (Fsp3) is 0.269. The zero-order valence-electron chi connectivity index (χ0n) is 18.7. The molecule has 33 heavy (non-hydrogen) atoms. The summed E-state index contributed by atoms with van der Waals surface area (Å²) < 4.78 is 7.90. The number of benzene rings is 1. The molecule has 1 amide bonds. The second-order valence-electron chi connectivity index (χ2n) is 8.44. The van der Waals surface area contributed by atoms with E-state index in [9.17, 15) is 4.79 Å². The van der Waals surface area contributed by atoms with E-state index in [0.29, 0.717) is 12.2 Å². The molecule has 7 nitrogen and oxygen atoms in total. The molecular weight excluding hydrogens is 414 g/mol. The van der Waals surface area contributed by atoms with Crippen LogP contribution in [0.15, 0.2) is 73.3 Å². The van der Waals surface area contributed by atoms with Crippen molar-refractivity contribution in [2.45, 2.75) is 20.1 Å². The van der Waals surface area contributed by atoms with Crippen molar-refractivity contribution in [1.29, 1.82) is 0 Å². The van der Waals surface area contributed by atoms with Crippen LogP contribution in [-0.2, 0) is 13.2 Å². The summed E-state index contributed by atoms with van der Waals surface area (Å²) in [5.74, 6) is 0.794. The molecule has 1 aliphatic heterocycles. The number of hydrogen-bond acceptors (Lipinski definition) is 5. The first kappa shape index (κ1) is 21.2. The molecule has 0 bridgehead atoms. The number of nitrogens with zero attached hydrogens (tertiary/aromatic N) is 5. The molecule has 168 valence electrons. The first-order valence-electron chi connectivity index (χ1n) is 11.2. The van der Waals surface area contributed by atoms with Gasteiger partial charge in [0.15, 0.2) is 0 Å². The molecule has 0 aliphatic carbocycles. The number of amides is 1. The van der Waals surface area contributed by atoms with Crippen LogP contribution in [-0.4, -0.2) is 56.3 Å². The van der Waals surface area contributed by atoms with E-state index in [0.717, 1.165) is 49.8 Å². The molecule has 4 aromatic rings. The maximum absolute atomic E-state index is 12.9. The fourth-order valence-electron chi connectivity index (χ4n) is 4.11. The van der Waals surface area contributed by atoms with Crippen LogP contribution in [0.4, 0.5) is 0 Å². The Bertz CT molecular complexity index is 1230. The minimum Gasteiger partial charge on any atom is -0.487 e. The molecule has 3 aromatic heterocycles. The third-order valence-electron chi connectivity index (χ3n) is 5.95. The second-order valence-corrected chi connectivity index (χ2v) is 8.44. The predicted molar refractivity (Wildman–Crippen MR) is 126 cm³/mol. The van der Waals surface area contributed by atoms with E-state index in [1.165, 1.54) is 11.1 Å². The molecular formula is C26H27N5O2. The largest absolute Gasteiger partial charge is 0.487 e. The molecule has 4 heterocycles. The molecule has 0 atom stereocenters. The Balaban J connectivity index is 1.13. The Morgan fingerprint density at radius 3 is 2.45 bits per heavy atom. The molecule has 0 radical (unpaired) electrons. The molecule has 5 rings (SSSR count). The van der Waals surface area contributed by atoms with Crippen LogP contribution < -0.4 is 4.74 Å². The minimum atomic E-state index is 0.0702. The highest BCUT2D eigenvalue weighted by Crippen LogP contribution is 2.17. The Labute approximate surface area is 193 Å². The lowest BCUT2D eigenvalue weighted by atomic mass is 10.1. The maximum Gasteiger partial charge on any atom is 0.253 e. The molecule has 1 aromatic carbocycles. The Morgan fingerprint density at radius 1 is 0.939 bits per heavy atom. The van der Waals surface area contributed by atoms with Crippen molar-refractivity contribution >= 4 is 11.6 Å². The third-order valence-corrected chi connectivity index (χ3v) is 5.95. The van der Waals surface area contributed by atoms with Gasteiger partial charge in [-0.1, -0.05) is 6.07 Å². The van der Waals surface area contributed by atoms with Gasteiger partial charge in [-0.25, -0.2) is 4.98 Å². The van der Waals surface area contributed by atoms with Gasteiger partial charge in [0.05, 0.1) is 5.69 Å². The molecule has 0 unspecified atom stereocenters. The highest BCUT2D eigenvalue weighted by Gasteiger charge is 2.22. The summed E-state index contributed by atoms with van der Waals surface area (Å²) in [7, 11) is 0. The molecule has 0 saturated carbocycles. The number of hydrogen-bond donors (Lipinski definition) is 0. The molecule has 0 N–H and O–H groups in total. The monoisotopic (exact) mass is 441 g/mol. The standard InChI is InChI=1S/C26H27N5O2/c1-20-2-7-25-28-23(18-31(25)16-20)19-33-24-5-3-22(4-6-24)26(32)30-14-12-29(13-15-30)17-21-8-10-27-11-9-21/h2-11,16,18H,12-15,17,19H2,1H3. The van der Waals surface area contributed by atoms with Gasteiger partial charge in [0.25, 0.3) is 5.91 Å². The quantitative estimate of drug-likeness (QED) is 0.458. The SMILES string of the molecule is Cc1ccc2nc(COc3ccc(C(=O)N4CCN(Cc5ccncc5)CC4)cc3)cn2c1. The first-order valence-corrected chi connectivity index (χ1v) is 11.2. The van der Waals surface area contributed by atoms with Gasteiger partial charge < -0.3 is 14.0 Å². The van der Waals surface area contributed by atoms with Crippen molar-refractivity contribution in [3.8, 4) is 5.75 Å². The van der Waals surface area contributed by atoms with E-state index in [1.807, 2.05) is 82.6 Å². The van der Waals surface area contributed by atoms with Gasteiger partial charge in [-0.2, -0.15) is 0 Å². The lowest BCUT2D eigenvalue weighted by Gasteiger charge is -2.34. The number of pyridine rings is 2. The Hall–Kier alpha value is -3.71. The summed E-state index contributed by atoms with van der Waals surface area (Å²) in [6, 6.07) is 15.5. The van der Waals surface area contributed by atoms with Gasteiger partial charge >= 0.3 is 0 Å². The summed E-state index contributed by atoms with van der Waals surface area (Å²) in [6.07, 6.45) is 7.67.